The second-order valence-corrected chi connectivity index (χ2v) is 7.20. The van der Waals surface area contributed by atoms with Crippen LogP contribution in [0.1, 0.15) is 35.5 Å². The normalized spacial score (nSPS) is 11.9. The van der Waals surface area contributed by atoms with E-state index in [1.165, 1.54) is 18.2 Å². The number of hydrogen-bond donors (Lipinski definition) is 3. The van der Waals surface area contributed by atoms with Crippen molar-refractivity contribution in [1.29, 1.82) is 0 Å². The number of carbonyl (C=O) groups excluding carboxylic acids is 2. The number of ether oxygens (including phenoxy) is 1. The minimum Gasteiger partial charge on any atom is -0.493 e. The van der Waals surface area contributed by atoms with E-state index < -0.39 is 23.7 Å². The maximum atomic E-state index is 12.7. The van der Waals surface area contributed by atoms with Crippen molar-refractivity contribution < 1.29 is 32.6 Å². The van der Waals surface area contributed by atoms with E-state index in [1.54, 1.807) is 12.1 Å². The third kappa shape index (κ3) is 7.69. The summed E-state index contributed by atoms with van der Waals surface area (Å²) < 4.78 is 43.6. The third-order valence-electron chi connectivity index (χ3n) is 3.98. The average molecular weight is 451 g/mol. The van der Waals surface area contributed by atoms with Crippen molar-refractivity contribution in [3.8, 4) is 5.75 Å². The number of nitrogens with zero attached hydrogens (tertiary/aromatic N) is 1. The van der Waals surface area contributed by atoms with Crippen molar-refractivity contribution in [1.82, 2.24) is 15.6 Å². The molecule has 7 nitrogen and oxygen atoms in total. The molecule has 2 amide bonds. The molecule has 0 unspecified atom stereocenters. The number of hydrogen-bond acceptors (Lipinski definition) is 5. The van der Waals surface area contributed by atoms with E-state index in [0.717, 1.165) is 18.3 Å². The van der Waals surface area contributed by atoms with Gasteiger partial charge in [0.1, 0.15) is 17.1 Å². The summed E-state index contributed by atoms with van der Waals surface area (Å²) in [4.78, 5) is 28.3. The number of pyridine rings is 1. The molecule has 0 saturated carbocycles. The molecule has 0 aliphatic heterocycles. The first-order valence-corrected chi connectivity index (χ1v) is 9.78. The number of nitrogens with one attached hydrogen (secondary N) is 2. The molecule has 0 aliphatic rings. The molecule has 2 aromatic rings. The topological polar surface area (TPSA) is 101 Å². The quantitative estimate of drug-likeness (QED) is 0.509. The molecule has 0 atom stereocenters. The van der Waals surface area contributed by atoms with E-state index in [9.17, 15) is 22.8 Å². The molecule has 10 heteroatoms. The van der Waals surface area contributed by atoms with Crippen LogP contribution >= 0.6 is 0 Å². The Kier molecular flexibility index (Phi) is 8.77. The van der Waals surface area contributed by atoms with Gasteiger partial charge in [-0.25, -0.2) is 0 Å². The van der Waals surface area contributed by atoms with E-state index in [2.05, 4.69) is 15.6 Å². The van der Waals surface area contributed by atoms with Crippen LogP contribution < -0.4 is 15.4 Å². The molecular weight excluding hydrogens is 427 g/mol. The van der Waals surface area contributed by atoms with E-state index in [0.29, 0.717) is 18.3 Å². The zero-order chi connectivity index (χ0) is 23.7. The van der Waals surface area contributed by atoms with Crippen LogP contribution in [0.15, 0.2) is 48.3 Å². The summed E-state index contributed by atoms with van der Waals surface area (Å²) in [6.45, 7) is 4.13. The number of amides is 2. The summed E-state index contributed by atoms with van der Waals surface area (Å²) in [5.41, 5.74) is -0.881. The lowest BCUT2D eigenvalue weighted by Gasteiger charge is -2.12. The Hall–Kier alpha value is -3.40. The highest BCUT2D eigenvalue weighted by Crippen LogP contribution is 2.27. The molecule has 0 radical (unpaired) electrons. The maximum Gasteiger partial charge on any atom is 0.433 e. The van der Waals surface area contributed by atoms with Crippen LogP contribution in [0.2, 0.25) is 0 Å². The van der Waals surface area contributed by atoms with Crippen molar-refractivity contribution in [3.63, 3.8) is 0 Å². The molecule has 0 saturated heterocycles. The first-order valence-electron chi connectivity index (χ1n) is 9.78. The van der Waals surface area contributed by atoms with E-state index in [4.69, 9.17) is 9.84 Å². The molecule has 0 bridgehead atoms. The molecule has 1 aromatic heterocycles. The van der Waals surface area contributed by atoms with Gasteiger partial charge in [0.2, 0.25) is 0 Å². The molecule has 0 fully saturated rings. The minimum absolute atomic E-state index is 0.0702. The van der Waals surface area contributed by atoms with Crippen LogP contribution in [0.4, 0.5) is 13.2 Å². The molecule has 32 heavy (non-hydrogen) atoms. The predicted molar refractivity (Wildman–Crippen MR) is 112 cm³/mol. The molecule has 0 aliphatic carbocycles. The lowest BCUT2D eigenvalue weighted by atomic mass is 10.1. The fourth-order valence-electron chi connectivity index (χ4n) is 2.41. The van der Waals surface area contributed by atoms with Gasteiger partial charge in [-0.2, -0.15) is 13.2 Å². The van der Waals surface area contributed by atoms with Gasteiger partial charge in [0.05, 0.1) is 13.2 Å². The van der Waals surface area contributed by atoms with Crippen molar-refractivity contribution >= 4 is 17.9 Å². The highest BCUT2D eigenvalue weighted by molar-refractivity contribution is 6.05. The first-order chi connectivity index (χ1) is 15.1. The maximum absolute atomic E-state index is 12.7. The van der Waals surface area contributed by atoms with Crippen LogP contribution in [-0.4, -0.2) is 41.7 Å². The predicted octanol–water partition coefficient (Wildman–Crippen LogP) is 3.01. The Balaban J connectivity index is 2.20. The highest BCUT2D eigenvalue weighted by atomic mass is 19.4. The van der Waals surface area contributed by atoms with Gasteiger partial charge in [-0.15, -0.1) is 0 Å². The van der Waals surface area contributed by atoms with Crippen molar-refractivity contribution in [2.24, 2.45) is 5.92 Å². The second-order valence-electron chi connectivity index (χ2n) is 7.20. The number of carbonyl (C=O) groups is 2. The summed E-state index contributed by atoms with van der Waals surface area (Å²) in [6, 6.07) is 8.18. The van der Waals surface area contributed by atoms with Crippen LogP contribution in [-0.2, 0) is 11.0 Å². The summed E-state index contributed by atoms with van der Waals surface area (Å²) in [5.74, 6) is -0.403. The molecular formula is C22H24F3N3O4. The number of aromatic nitrogens is 1. The van der Waals surface area contributed by atoms with Gasteiger partial charge < -0.3 is 20.5 Å². The molecule has 1 heterocycles. The Morgan fingerprint density at radius 2 is 1.84 bits per heavy atom. The second kappa shape index (κ2) is 11.3. The molecule has 2 rings (SSSR count). The Morgan fingerprint density at radius 1 is 1.16 bits per heavy atom. The lowest BCUT2D eigenvalue weighted by molar-refractivity contribution is -0.141. The zero-order valence-electron chi connectivity index (χ0n) is 17.6. The number of benzene rings is 1. The van der Waals surface area contributed by atoms with Gasteiger partial charge >= 0.3 is 6.18 Å². The van der Waals surface area contributed by atoms with Crippen LogP contribution in [0.3, 0.4) is 0 Å². The third-order valence-corrected chi connectivity index (χ3v) is 3.98. The van der Waals surface area contributed by atoms with Gasteiger partial charge in [-0.1, -0.05) is 19.9 Å². The molecule has 1 aromatic carbocycles. The van der Waals surface area contributed by atoms with Gasteiger partial charge in [0.15, 0.2) is 0 Å². The van der Waals surface area contributed by atoms with Gasteiger partial charge in [0, 0.05) is 18.3 Å². The average Bonchev–Trinajstić information content (AvgIpc) is 2.75. The first kappa shape index (κ1) is 24.9. The molecule has 0 spiro atoms. The van der Waals surface area contributed by atoms with Crippen molar-refractivity contribution in [2.75, 3.05) is 19.8 Å². The zero-order valence-corrected chi connectivity index (χ0v) is 17.6. The number of aliphatic hydroxyl groups excluding tert-OH is 1. The number of alkyl halides is 3. The summed E-state index contributed by atoms with van der Waals surface area (Å²) in [5, 5.41) is 13.7. The smallest absolute Gasteiger partial charge is 0.433 e. The van der Waals surface area contributed by atoms with Gasteiger partial charge in [-0.05, 0) is 47.9 Å². The molecule has 172 valence electrons. The summed E-state index contributed by atoms with van der Waals surface area (Å²) in [6.07, 6.45) is -2.46. The number of rotatable bonds is 9. The van der Waals surface area contributed by atoms with Crippen molar-refractivity contribution in [3.05, 3.63) is 65.1 Å². The fourth-order valence-corrected chi connectivity index (χ4v) is 2.41. The van der Waals surface area contributed by atoms with Gasteiger partial charge in [0.25, 0.3) is 11.8 Å². The monoisotopic (exact) mass is 451 g/mol. The highest BCUT2D eigenvalue weighted by Gasteiger charge is 2.32. The summed E-state index contributed by atoms with van der Waals surface area (Å²) in [7, 11) is 0. The minimum atomic E-state index is -4.59. The largest absolute Gasteiger partial charge is 0.493 e. The Morgan fingerprint density at radius 3 is 2.38 bits per heavy atom. The standard InChI is InChI=1S/C22H24F3N3O4/c1-14(2)13-32-17-6-4-16(5-7-17)20(30)28-18(21(31)26-9-10-29)11-15-3-8-19(27-12-15)22(23,24)25/h3-8,11-12,14,29H,9-10,13H2,1-2H3,(H,26,31)(H,28,30). The number of aliphatic hydroxyl groups is 1. The van der Waals surface area contributed by atoms with Crippen LogP contribution in [0, 0.1) is 5.92 Å². The van der Waals surface area contributed by atoms with E-state index in [1.807, 2.05) is 13.8 Å². The Bertz CT molecular complexity index is 940. The van der Waals surface area contributed by atoms with E-state index >= 15 is 0 Å². The van der Waals surface area contributed by atoms with Gasteiger partial charge in [-0.3, -0.25) is 14.6 Å². The van der Waals surface area contributed by atoms with Crippen LogP contribution in [0.5, 0.6) is 5.75 Å². The fraction of sp³-hybridized carbons (Fsp3) is 0.318. The SMILES string of the molecule is CC(C)COc1ccc(C(=O)NC(=Cc2ccc(C(F)(F)F)nc2)C(=O)NCCO)cc1. The van der Waals surface area contributed by atoms with Crippen LogP contribution in [0.25, 0.3) is 6.08 Å². The lowest BCUT2D eigenvalue weighted by Crippen LogP contribution is -2.36. The Labute approximate surface area is 183 Å². The molecule has 3 N–H and O–H groups in total. The van der Waals surface area contributed by atoms with E-state index in [-0.39, 0.29) is 30.0 Å². The number of halogens is 3. The summed E-state index contributed by atoms with van der Waals surface area (Å²) >= 11 is 0. The van der Waals surface area contributed by atoms with Crippen molar-refractivity contribution in [2.45, 2.75) is 20.0 Å².